The summed E-state index contributed by atoms with van der Waals surface area (Å²) in [5, 5.41) is 0.439. The van der Waals surface area contributed by atoms with Gasteiger partial charge >= 0.3 is 0 Å². The van der Waals surface area contributed by atoms with Gasteiger partial charge in [0, 0.05) is 34.4 Å². The van der Waals surface area contributed by atoms with Crippen molar-refractivity contribution in [3.8, 4) is 0 Å². The number of hydrogen-bond donors (Lipinski definition) is 1. The van der Waals surface area contributed by atoms with E-state index in [1.165, 1.54) is 31.0 Å². The van der Waals surface area contributed by atoms with E-state index in [4.69, 9.17) is 16.2 Å². The van der Waals surface area contributed by atoms with Crippen LogP contribution in [0.4, 0.5) is 0 Å². The number of benzene rings is 1. The van der Waals surface area contributed by atoms with Crippen molar-refractivity contribution in [2.24, 2.45) is 5.41 Å². The number of halogens is 1. The second kappa shape index (κ2) is 10.4. The number of hydrogen-bond acceptors (Lipinski definition) is 5. The quantitative estimate of drug-likeness (QED) is 0.533. The Kier molecular flexibility index (Phi) is 8.82. The molecule has 1 aromatic rings. The van der Waals surface area contributed by atoms with E-state index in [-0.39, 0.29) is 22.5 Å². The highest BCUT2D eigenvalue weighted by Crippen LogP contribution is 2.36. The highest BCUT2D eigenvalue weighted by Gasteiger charge is 2.32. The Morgan fingerprint density at radius 1 is 1.21 bits per heavy atom. The standard InChI is InChI=1S/C20H30ClNO4S2/c1-20(2,15-22-10-4-3-5-11-22)19(23)14-18(27-12-13-28(24,25)26)16-6-8-17(21)9-7-16/h6-9,18H,3-5,10-15H2,1-2H3,(H,24,25,26). The van der Waals surface area contributed by atoms with Gasteiger partial charge < -0.3 is 4.90 Å². The molecule has 0 saturated carbocycles. The number of carbonyl (C=O) groups is 1. The van der Waals surface area contributed by atoms with Crippen molar-refractivity contribution in [3.63, 3.8) is 0 Å². The zero-order chi connectivity index (χ0) is 20.8. The topological polar surface area (TPSA) is 74.7 Å². The number of carbonyl (C=O) groups excluding carboxylic acids is 1. The van der Waals surface area contributed by atoms with E-state index in [9.17, 15) is 13.2 Å². The zero-order valence-electron chi connectivity index (χ0n) is 16.6. The first-order valence-electron chi connectivity index (χ1n) is 9.65. The Morgan fingerprint density at radius 3 is 2.39 bits per heavy atom. The van der Waals surface area contributed by atoms with E-state index in [2.05, 4.69) is 4.90 Å². The molecular weight excluding hydrogens is 418 g/mol. The van der Waals surface area contributed by atoms with Crippen LogP contribution in [0.2, 0.25) is 5.02 Å². The Labute approximate surface area is 178 Å². The van der Waals surface area contributed by atoms with Crippen LogP contribution in [0.3, 0.4) is 0 Å². The van der Waals surface area contributed by atoms with E-state index in [1.807, 2.05) is 26.0 Å². The third-order valence-electron chi connectivity index (χ3n) is 5.10. The average Bonchev–Trinajstić information content (AvgIpc) is 2.61. The van der Waals surface area contributed by atoms with Gasteiger partial charge in [-0.05, 0) is 43.6 Å². The molecule has 1 saturated heterocycles. The summed E-state index contributed by atoms with van der Waals surface area (Å²) in [7, 11) is -4.02. The number of likely N-dealkylation sites (tertiary alicyclic amines) is 1. The van der Waals surface area contributed by atoms with Crippen molar-refractivity contribution in [3.05, 3.63) is 34.9 Å². The van der Waals surface area contributed by atoms with Crippen molar-refractivity contribution < 1.29 is 17.8 Å². The minimum absolute atomic E-state index is 0.164. The number of piperidine rings is 1. The molecule has 1 N–H and O–H groups in total. The normalized spacial score (nSPS) is 17.4. The molecule has 1 aromatic carbocycles. The van der Waals surface area contributed by atoms with E-state index < -0.39 is 15.5 Å². The van der Waals surface area contributed by atoms with Gasteiger partial charge in [-0.25, -0.2) is 0 Å². The molecular formula is C20H30ClNO4S2. The van der Waals surface area contributed by atoms with Crippen LogP contribution in [-0.2, 0) is 14.9 Å². The fraction of sp³-hybridized carbons (Fsp3) is 0.650. The molecule has 8 heteroatoms. The molecule has 1 aliphatic heterocycles. The lowest BCUT2D eigenvalue weighted by Gasteiger charge is -2.34. The first-order chi connectivity index (χ1) is 13.1. The van der Waals surface area contributed by atoms with Gasteiger partial charge in [0.2, 0.25) is 0 Å². The van der Waals surface area contributed by atoms with Gasteiger partial charge in [-0.1, -0.05) is 44.0 Å². The van der Waals surface area contributed by atoms with E-state index >= 15 is 0 Å². The molecule has 158 valence electrons. The molecule has 0 bridgehead atoms. The van der Waals surface area contributed by atoms with Gasteiger partial charge in [0.1, 0.15) is 5.78 Å². The number of ketones is 1. The molecule has 0 amide bonds. The Balaban J connectivity index is 2.06. The second-order valence-corrected chi connectivity index (χ2v) is 11.4. The van der Waals surface area contributed by atoms with Crippen molar-refractivity contribution >= 4 is 39.3 Å². The predicted octanol–water partition coefficient (Wildman–Crippen LogP) is 4.47. The fourth-order valence-electron chi connectivity index (χ4n) is 3.46. The lowest BCUT2D eigenvalue weighted by molar-refractivity contribution is -0.128. The first kappa shape index (κ1) is 23.7. The van der Waals surface area contributed by atoms with Crippen LogP contribution in [0.5, 0.6) is 0 Å². The van der Waals surface area contributed by atoms with Gasteiger partial charge in [0.25, 0.3) is 10.1 Å². The minimum atomic E-state index is -4.02. The van der Waals surface area contributed by atoms with Gasteiger partial charge in [0.05, 0.1) is 5.75 Å². The lowest BCUT2D eigenvalue weighted by atomic mass is 9.84. The van der Waals surface area contributed by atoms with Crippen LogP contribution >= 0.6 is 23.4 Å². The summed E-state index contributed by atoms with van der Waals surface area (Å²) in [6.45, 7) is 6.81. The summed E-state index contributed by atoms with van der Waals surface area (Å²) >= 11 is 7.36. The van der Waals surface area contributed by atoms with Gasteiger partial charge in [-0.2, -0.15) is 20.2 Å². The molecule has 28 heavy (non-hydrogen) atoms. The molecule has 1 unspecified atom stereocenters. The van der Waals surface area contributed by atoms with Crippen LogP contribution in [0.1, 0.15) is 50.3 Å². The summed E-state index contributed by atoms with van der Waals surface area (Å²) in [6, 6.07) is 7.30. The van der Waals surface area contributed by atoms with Crippen molar-refractivity contribution in [1.82, 2.24) is 4.90 Å². The molecule has 5 nitrogen and oxygen atoms in total. The van der Waals surface area contributed by atoms with Gasteiger partial charge in [0.15, 0.2) is 0 Å². The SMILES string of the molecule is CC(C)(CN1CCCCC1)C(=O)CC(SCCS(=O)(=O)O)c1ccc(Cl)cc1. The fourth-order valence-corrected chi connectivity index (χ4v) is 5.71. The second-order valence-electron chi connectivity index (χ2n) is 8.05. The van der Waals surface area contributed by atoms with Crippen LogP contribution in [0.25, 0.3) is 0 Å². The third-order valence-corrected chi connectivity index (χ3v) is 7.61. The van der Waals surface area contributed by atoms with Gasteiger partial charge in [-0.15, -0.1) is 0 Å². The maximum atomic E-state index is 13.1. The smallest absolute Gasteiger partial charge is 0.265 e. The van der Waals surface area contributed by atoms with Crippen LogP contribution in [0.15, 0.2) is 24.3 Å². The maximum absolute atomic E-state index is 13.1. The Morgan fingerprint density at radius 2 is 1.82 bits per heavy atom. The summed E-state index contributed by atoms with van der Waals surface area (Å²) in [5.41, 5.74) is 0.470. The molecule has 1 fully saturated rings. The molecule has 1 atom stereocenters. The lowest BCUT2D eigenvalue weighted by Crippen LogP contribution is -2.42. The summed E-state index contributed by atoms with van der Waals surface area (Å²) < 4.78 is 31.1. The maximum Gasteiger partial charge on any atom is 0.265 e. The number of nitrogens with zero attached hydrogens (tertiary/aromatic N) is 1. The van der Waals surface area contributed by atoms with Crippen molar-refractivity contribution in [1.29, 1.82) is 0 Å². The molecule has 0 aliphatic carbocycles. The molecule has 1 aliphatic rings. The molecule has 0 radical (unpaired) electrons. The Bertz CT molecular complexity index is 744. The average molecular weight is 448 g/mol. The minimum Gasteiger partial charge on any atom is -0.302 e. The molecule has 0 aromatic heterocycles. The number of thioether (sulfide) groups is 1. The highest BCUT2D eigenvalue weighted by atomic mass is 35.5. The van der Waals surface area contributed by atoms with Crippen molar-refractivity contribution in [2.45, 2.75) is 44.8 Å². The predicted molar refractivity (Wildman–Crippen MR) is 117 cm³/mol. The van der Waals surface area contributed by atoms with Gasteiger partial charge in [-0.3, -0.25) is 9.35 Å². The molecule has 0 spiro atoms. The van der Waals surface area contributed by atoms with Crippen LogP contribution in [-0.4, -0.2) is 54.8 Å². The number of rotatable bonds is 10. The monoisotopic (exact) mass is 447 g/mol. The van der Waals surface area contributed by atoms with E-state index in [0.717, 1.165) is 25.2 Å². The summed E-state index contributed by atoms with van der Waals surface area (Å²) in [5.74, 6) is 0.0661. The first-order valence-corrected chi connectivity index (χ1v) is 12.7. The van der Waals surface area contributed by atoms with Crippen LogP contribution < -0.4 is 0 Å². The van der Waals surface area contributed by atoms with Crippen LogP contribution in [0, 0.1) is 5.41 Å². The Hall–Kier alpha value is -0.600. The van der Waals surface area contributed by atoms with E-state index in [0.29, 0.717) is 11.4 Å². The van der Waals surface area contributed by atoms with E-state index in [1.54, 1.807) is 12.1 Å². The third kappa shape index (κ3) is 8.03. The highest BCUT2D eigenvalue weighted by molar-refractivity contribution is 8.00. The van der Waals surface area contributed by atoms with Crippen molar-refractivity contribution in [2.75, 3.05) is 31.1 Å². The number of Topliss-reactive ketones (excluding diaryl/α,β-unsaturated/α-hetero) is 1. The summed E-state index contributed by atoms with van der Waals surface area (Å²) in [4.78, 5) is 15.5. The molecule has 1 heterocycles. The molecule has 2 rings (SSSR count). The summed E-state index contributed by atoms with van der Waals surface area (Å²) in [6.07, 6.45) is 3.94. The zero-order valence-corrected chi connectivity index (χ0v) is 19.0. The largest absolute Gasteiger partial charge is 0.302 e.